The Kier molecular flexibility index (Phi) is 5.79. The maximum absolute atomic E-state index is 12.8. The predicted molar refractivity (Wildman–Crippen MR) is 100 cm³/mol. The molecule has 2 aromatic carbocycles. The molecule has 0 heterocycles. The summed E-state index contributed by atoms with van der Waals surface area (Å²) in [5.74, 6) is -1.10. The second-order valence-electron chi connectivity index (χ2n) is 6.25. The molecule has 1 aliphatic rings. The second kappa shape index (κ2) is 7.95. The van der Waals surface area contributed by atoms with Crippen molar-refractivity contribution in [2.24, 2.45) is 0 Å². The summed E-state index contributed by atoms with van der Waals surface area (Å²) in [4.78, 5) is 11.6. The van der Waals surface area contributed by atoms with Gasteiger partial charge in [0.25, 0.3) is 0 Å². The lowest BCUT2D eigenvalue weighted by molar-refractivity contribution is -0.115. The Hall–Kier alpha value is -2.34. The van der Waals surface area contributed by atoms with Gasteiger partial charge >= 0.3 is 0 Å². The molecule has 0 radical (unpaired) electrons. The zero-order valence-corrected chi connectivity index (χ0v) is 16.2. The molecule has 11 heteroatoms. The fraction of sp³-hybridized carbons (Fsp3) is 0.235. The van der Waals surface area contributed by atoms with Gasteiger partial charge in [-0.1, -0.05) is 0 Å². The number of carbonyl (C=O) groups is 1. The lowest BCUT2D eigenvalue weighted by Crippen LogP contribution is -2.33. The van der Waals surface area contributed by atoms with Crippen LogP contribution >= 0.6 is 0 Å². The van der Waals surface area contributed by atoms with Gasteiger partial charge in [0.1, 0.15) is 5.82 Å². The highest BCUT2D eigenvalue weighted by atomic mass is 32.2. The first-order valence-electron chi connectivity index (χ1n) is 8.33. The summed E-state index contributed by atoms with van der Waals surface area (Å²) in [5.41, 5.74) is 0.323. The summed E-state index contributed by atoms with van der Waals surface area (Å²) < 4.78 is 66.2. The number of anilines is 1. The van der Waals surface area contributed by atoms with Crippen LogP contribution in [0.2, 0.25) is 0 Å². The molecule has 8 nitrogen and oxygen atoms in total. The first-order valence-corrected chi connectivity index (χ1v) is 11.3. The van der Waals surface area contributed by atoms with Crippen LogP contribution in [-0.4, -0.2) is 35.3 Å². The van der Waals surface area contributed by atoms with E-state index in [9.17, 15) is 26.0 Å². The molecule has 1 aliphatic carbocycles. The molecule has 150 valence electrons. The fourth-order valence-electron chi connectivity index (χ4n) is 2.27. The van der Waals surface area contributed by atoms with Crippen molar-refractivity contribution in [3.05, 3.63) is 54.3 Å². The van der Waals surface area contributed by atoms with Crippen molar-refractivity contribution in [1.29, 1.82) is 0 Å². The Balaban J connectivity index is 1.60. The van der Waals surface area contributed by atoms with E-state index in [2.05, 4.69) is 14.8 Å². The zero-order valence-electron chi connectivity index (χ0n) is 14.6. The van der Waals surface area contributed by atoms with Gasteiger partial charge < -0.3 is 5.32 Å². The number of halogens is 1. The van der Waals surface area contributed by atoms with Crippen LogP contribution in [0.15, 0.2) is 58.3 Å². The minimum atomic E-state index is -4.01. The summed E-state index contributed by atoms with van der Waals surface area (Å²) in [6.45, 7) is -0.539. The highest BCUT2D eigenvalue weighted by Crippen LogP contribution is 2.22. The van der Waals surface area contributed by atoms with E-state index in [0.29, 0.717) is 5.69 Å². The maximum Gasteiger partial charge on any atom is 0.241 e. The van der Waals surface area contributed by atoms with Gasteiger partial charge in [-0.05, 0) is 61.4 Å². The van der Waals surface area contributed by atoms with Crippen molar-refractivity contribution in [1.82, 2.24) is 9.44 Å². The monoisotopic (exact) mass is 427 g/mol. The molecule has 0 unspecified atom stereocenters. The van der Waals surface area contributed by atoms with Crippen LogP contribution in [0.3, 0.4) is 0 Å². The molecule has 0 spiro atoms. The first-order chi connectivity index (χ1) is 13.2. The summed E-state index contributed by atoms with van der Waals surface area (Å²) >= 11 is 0. The molecular formula is C17H18FN3O5S2. The van der Waals surface area contributed by atoms with Gasteiger partial charge in [-0.3, -0.25) is 4.79 Å². The molecule has 1 saturated carbocycles. The van der Waals surface area contributed by atoms with E-state index in [1.54, 1.807) is 0 Å². The third-order valence-electron chi connectivity index (χ3n) is 3.89. The van der Waals surface area contributed by atoms with Crippen molar-refractivity contribution in [2.75, 3.05) is 11.9 Å². The average Bonchev–Trinajstić information content (AvgIpc) is 3.45. The minimum Gasteiger partial charge on any atom is -0.325 e. The second-order valence-corrected chi connectivity index (χ2v) is 9.73. The quantitative estimate of drug-likeness (QED) is 0.584. The highest BCUT2D eigenvalue weighted by molar-refractivity contribution is 7.90. The molecule has 3 rings (SSSR count). The Bertz CT molecular complexity index is 1060. The Morgan fingerprint density at radius 3 is 1.96 bits per heavy atom. The van der Waals surface area contributed by atoms with Gasteiger partial charge in [0, 0.05) is 11.7 Å². The number of hydrogen-bond donors (Lipinski definition) is 3. The topological polar surface area (TPSA) is 121 Å². The lowest BCUT2D eigenvalue weighted by atomic mass is 10.3. The largest absolute Gasteiger partial charge is 0.325 e. The summed E-state index contributed by atoms with van der Waals surface area (Å²) in [5, 5.41) is 2.43. The SMILES string of the molecule is O=C(CNS(=O)(=O)c1ccc(S(=O)(=O)NC2CC2)cc1)Nc1ccc(F)cc1. The molecule has 0 saturated heterocycles. The normalized spacial score (nSPS) is 14.6. The van der Waals surface area contributed by atoms with Crippen LogP contribution in [0.5, 0.6) is 0 Å². The van der Waals surface area contributed by atoms with E-state index in [4.69, 9.17) is 0 Å². The number of rotatable bonds is 8. The van der Waals surface area contributed by atoms with E-state index < -0.39 is 38.3 Å². The van der Waals surface area contributed by atoms with Crippen LogP contribution in [0.25, 0.3) is 0 Å². The average molecular weight is 427 g/mol. The molecule has 0 aromatic heterocycles. The van der Waals surface area contributed by atoms with Crippen molar-refractivity contribution in [2.45, 2.75) is 28.7 Å². The standard InChI is InChI=1S/C17H18FN3O5S2/c18-12-1-3-13(4-2-12)20-17(22)11-19-27(23,24)15-7-9-16(10-8-15)28(25,26)21-14-5-6-14/h1-4,7-10,14,19,21H,5-6,11H2,(H,20,22). The number of hydrogen-bond acceptors (Lipinski definition) is 5. The molecule has 1 fully saturated rings. The molecule has 2 aromatic rings. The highest BCUT2D eigenvalue weighted by Gasteiger charge is 2.28. The Labute approximate surface area is 162 Å². The van der Waals surface area contributed by atoms with Gasteiger partial charge in [-0.25, -0.2) is 30.7 Å². The summed E-state index contributed by atoms with van der Waals surface area (Å²) in [6, 6.07) is 9.64. The van der Waals surface area contributed by atoms with Gasteiger partial charge in [0.2, 0.25) is 26.0 Å². The smallest absolute Gasteiger partial charge is 0.241 e. The van der Waals surface area contributed by atoms with Crippen LogP contribution in [-0.2, 0) is 24.8 Å². The van der Waals surface area contributed by atoms with Crippen LogP contribution < -0.4 is 14.8 Å². The van der Waals surface area contributed by atoms with Crippen LogP contribution in [0, 0.1) is 5.82 Å². The number of amides is 1. The first kappa shape index (κ1) is 20.4. The molecule has 28 heavy (non-hydrogen) atoms. The Morgan fingerprint density at radius 2 is 1.43 bits per heavy atom. The van der Waals surface area contributed by atoms with Crippen molar-refractivity contribution < 1.29 is 26.0 Å². The van der Waals surface area contributed by atoms with E-state index in [-0.39, 0.29) is 15.8 Å². The van der Waals surface area contributed by atoms with Gasteiger partial charge in [0.05, 0.1) is 16.3 Å². The van der Waals surface area contributed by atoms with E-state index in [1.165, 1.54) is 24.3 Å². The lowest BCUT2D eigenvalue weighted by Gasteiger charge is -2.09. The van der Waals surface area contributed by atoms with Crippen LogP contribution in [0.4, 0.5) is 10.1 Å². The summed E-state index contributed by atoms with van der Waals surface area (Å²) in [7, 11) is -7.69. The van der Waals surface area contributed by atoms with E-state index in [0.717, 1.165) is 37.1 Å². The molecular weight excluding hydrogens is 409 g/mol. The van der Waals surface area contributed by atoms with E-state index in [1.807, 2.05) is 0 Å². The Morgan fingerprint density at radius 1 is 0.893 bits per heavy atom. The number of nitrogens with one attached hydrogen (secondary N) is 3. The molecule has 1 amide bonds. The molecule has 0 aliphatic heterocycles. The van der Waals surface area contributed by atoms with Crippen molar-refractivity contribution in [3.8, 4) is 0 Å². The number of sulfonamides is 2. The third-order valence-corrected chi connectivity index (χ3v) is 6.85. The van der Waals surface area contributed by atoms with Crippen molar-refractivity contribution in [3.63, 3.8) is 0 Å². The maximum atomic E-state index is 12.8. The van der Waals surface area contributed by atoms with E-state index >= 15 is 0 Å². The molecule has 3 N–H and O–H groups in total. The van der Waals surface area contributed by atoms with Gasteiger partial charge in [-0.2, -0.15) is 0 Å². The fourth-order valence-corrected chi connectivity index (χ4v) is 4.56. The zero-order chi connectivity index (χ0) is 20.4. The predicted octanol–water partition coefficient (Wildman–Crippen LogP) is 1.18. The number of benzene rings is 2. The molecule has 0 bridgehead atoms. The number of carbonyl (C=O) groups excluding carboxylic acids is 1. The minimum absolute atomic E-state index is 0.0348. The third kappa shape index (κ3) is 5.35. The van der Waals surface area contributed by atoms with Gasteiger partial charge in [0.15, 0.2) is 0 Å². The summed E-state index contributed by atoms with van der Waals surface area (Å²) in [6.07, 6.45) is 1.57. The van der Waals surface area contributed by atoms with Gasteiger partial charge in [-0.15, -0.1) is 0 Å². The molecule has 0 atom stereocenters. The van der Waals surface area contributed by atoms with Crippen LogP contribution in [0.1, 0.15) is 12.8 Å². The van der Waals surface area contributed by atoms with Crippen molar-refractivity contribution >= 4 is 31.6 Å².